The van der Waals surface area contributed by atoms with Gasteiger partial charge in [0, 0.05) is 17.1 Å². The summed E-state index contributed by atoms with van der Waals surface area (Å²) in [5, 5.41) is 6.26. The molecule has 0 radical (unpaired) electrons. The Hall–Kier alpha value is -3.11. The van der Waals surface area contributed by atoms with Crippen molar-refractivity contribution < 1.29 is 9.59 Å². The van der Waals surface area contributed by atoms with E-state index in [9.17, 15) is 9.59 Å². The number of nitrogens with one attached hydrogen (secondary N) is 2. The van der Waals surface area contributed by atoms with E-state index in [0.29, 0.717) is 16.1 Å². The summed E-state index contributed by atoms with van der Waals surface area (Å²) in [6, 6.07) is 24.5. The van der Waals surface area contributed by atoms with Gasteiger partial charge in [0.2, 0.25) is 5.91 Å². The Balaban J connectivity index is 1.76. The Morgan fingerprint density at radius 2 is 1.41 bits per heavy atom. The maximum atomic E-state index is 12.8. The molecule has 3 aromatic rings. The highest BCUT2D eigenvalue weighted by Crippen LogP contribution is 2.17. The van der Waals surface area contributed by atoms with Crippen LogP contribution in [0, 0.1) is 0 Å². The lowest BCUT2D eigenvalue weighted by atomic mass is 10.0. The third-order valence-corrected chi connectivity index (χ3v) is 4.49. The quantitative estimate of drug-likeness (QED) is 0.677. The van der Waals surface area contributed by atoms with Crippen LogP contribution in [0.1, 0.15) is 27.5 Å². The Labute approximate surface area is 163 Å². The second-order valence-corrected chi connectivity index (χ2v) is 6.40. The molecule has 27 heavy (non-hydrogen) atoms. The first-order chi connectivity index (χ1) is 13.1. The molecule has 3 rings (SSSR count). The lowest BCUT2D eigenvalue weighted by Gasteiger charge is -2.19. The van der Waals surface area contributed by atoms with Crippen molar-refractivity contribution >= 4 is 23.4 Å². The van der Waals surface area contributed by atoms with Crippen molar-refractivity contribution in [3.8, 4) is 0 Å². The fourth-order valence-electron chi connectivity index (χ4n) is 2.68. The third-order valence-electron chi connectivity index (χ3n) is 4.12. The average Bonchev–Trinajstić information content (AvgIpc) is 2.72. The minimum atomic E-state index is -0.804. The number of amides is 2. The molecule has 1 unspecified atom stereocenters. The second kappa shape index (κ2) is 9.01. The van der Waals surface area contributed by atoms with Crippen molar-refractivity contribution in [3.05, 3.63) is 107 Å². The molecule has 0 saturated heterocycles. The van der Waals surface area contributed by atoms with Gasteiger partial charge in [0.15, 0.2) is 0 Å². The number of carbonyl (C=O) groups excluding carboxylic acids is 2. The van der Waals surface area contributed by atoms with Gasteiger partial charge in [-0.2, -0.15) is 0 Å². The molecule has 3 aromatic carbocycles. The first-order valence-corrected chi connectivity index (χ1v) is 8.95. The molecule has 0 aliphatic carbocycles. The van der Waals surface area contributed by atoms with Crippen LogP contribution in [0.5, 0.6) is 0 Å². The van der Waals surface area contributed by atoms with E-state index in [1.807, 2.05) is 54.6 Å². The zero-order valence-electron chi connectivity index (χ0n) is 14.6. The molecule has 0 fully saturated rings. The van der Waals surface area contributed by atoms with E-state index in [1.54, 1.807) is 30.3 Å². The Bertz CT molecular complexity index is 914. The summed E-state index contributed by atoms with van der Waals surface area (Å²) in [7, 11) is 0. The molecule has 0 spiro atoms. The highest BCUT2D eigenvalue weighted by molar-refractivity contribution is 6.31. The summed E-state index contributed by atoms with van der Waals surface area (Å²) >= 11 is 6.15. The predicted octanol–water partition coefficient (Wildman–Crippen LogP) is 4.13. The summed E-state index contributed by atoms with van der Waals surface area (Å²) < 4.78 is 0. The molecular formula is C22H19ClN2O2. The third kappa shape index (κ3) is 4.96. The van der Waals surface area contributed by atoms with Gasteiger partial charge in [-0.3, -0.25) is 9.59 Å². The lowest BCUT2D eigenvalue weighted by Crippen LogP contribution is -2.40. The van der Waals surface area contributed by atoms with E-state index in [4.69, 9.17) is 11.6 Å². The highest BCUT2D eigenvalue weighted by Gasteiger charge is 2.23. The van der Waals surface area contributed by atoms with Gasteiger partial charge in [0.25, 0.3) is 5.91 Å². The molecule has 2 amide bonds. The van der Waals surface area contributed by atoms with Crippen LogP contribution in [0.25, 0.3) is 0 Å². The maximum absolute atomic E-state index is 12.8. The van der Waals surface area contributed by atoms with Crippen LogP contribution in [-0.2, 0) is 11.3 Å². The standard InChI is InChI=1S/C22H19ClN2O2/c23-19-14-8-7-13-18(19)15-24-22(27)20(16-9-3-1-4-10-16)25-21(26)17-11-5-2-6-12-17/h1-14,20H,15H2,(H,24,27)(H,25,26). The first-order valence-electron chi connectivity index (χ1n) is 8.57. The topological polar surface area (TPSA) is 58.2 Å². The summed E-state index contributed by atoms with van der Waals surface area (Å²) in [5.74, 6) is -0.609. The van der Waals surface area contributed by atoms with Gasteiger partial charge in [-0.1, -0.05) is 78.3 Å². The van der Waals surface area contributed by atoms with E-state index < -0.39 is 6.04 Å². The van der Waals surface area contributed by atoms with Crippen molar-refractivity contribution in [1.29, 1.82) is 0 Å². The summed E-state index contributed by atoms with van der Waals surface area (Å²) in [6.07, 6.45) is 0. The highest BCUT2D eigenvalue weighted by atomic mass is 35.5. The Morgan fingerprint density at radius 3 is 2.07 bits per heavy atom. The minimum Gasteiger partial charge on any atom is -0.350 e. The molecule has 0 aliphatic rings. The summed E-state index contributed by atoms with van der Waals surface area (Å²) in [6.45, 7) is 0.281. The zero-order chi connectivity index (χ0) is 19.1. The molecule has 1 atom stereocenters. The molecular weight excluding hydrogens is 360 g/mol. The number of hydrogen-bond acceptors (Lipinski definition) is 2. The maximum Gasteiger partial charge on any atom is 0.252 e. The van der Waals surface area contributed by atoms with Crippen LogP contribution < -0.4 is 10.6 Å². The van der Waals surface area contributed by atoms with Gasteiger partial charge in [0.05, 0.1) is 0 Å². The number of halogens is 1. The van der Waals surface area contributed by atoms with Gasteiger partial charge < -0.3 is 10.6 Å². The van der Waals surface area contributed by atoms with Gasteiger partial charge in [-0.15, -0.1) is 0 Å². The molecule has 4 nitrogen and oxygen atoms in total. The van der Waals surface area contributed by atoms with Crippen molar-refractivity contribution in [1.82, 2.24) is 10.6 Å². The van der Waals surface area contributed by atoms with Crippen molar-refractivity contribution in [2.45, 2.75) is 12.6 Å². The molecule has 0 aromatic heterocycles. The van der Waals surface area contributed by atoms with E-state index in [0.717, 1.165) is 5.56 Å². The largest absolute Gasteiger partial charge is 0.350 e. The molecule has 0 bridgehead atoms. The summed E-state index contributed by atoms with van der Waals surface area (Å²) in [4.78, 5) is 25.4. The fourth-order valence-corrected chi connectivity index (χ4v) is 2.88. The van der Waals surface area contributed by atoms with Crippen molar-refractivity contribution in [3.63, 3.8) is 0 Å². The molecule has 5 heteroatoms. The van der Waals surface area contributed by atoms with Crippen LogP contribution in [0.15, 0.2) is 84.9 Å². The number of benzene rings is 3. The van der Waals surface area contributed by atoms with Crippen molar-refractivity contribution in [2.75, 3.05) is 0 Å². The predicted molar refractivity (Wildman–Crippen MR) is 106 cm³/mol. The van der Waals surface area contributed by atoms with E-state index in [-0.39, 0.29) is 18.4 Å². The average molecular weight is 379 g/mol. The second-order valence-electron chi connectivity index (χ2n) is 5.99. The SMILES string of the molecule is O=C(NC(C(=O)NCc1ccccc1Cl)c1ccccc1)c1ccccc1. The van der Waals surface area contributed by atoms with E-state index in [1.165, 1.54) is 0 Å². The number of rotatable bonds is 6. The molecule has 0 heterocycles. The molecule has 2 N–H and O–H groups in total. The number of carbonyl (C=O) groups is 2. The zero-order valence-corrected chi connectivity index (χ0v) is 15.3. The normalized spacial score (nSPS) is 11.4. The van der Waals surface area contributed by atoms with Crippen LogP contribution in [0.3, 0.4) is 0 Å². The van der Waals surface area contributed by atoms with Crippen LogP contribution in [0.4, 0.5) is 0 Å². The smallest absolute Gasteiger partial charge is 0.252 e. The minimum absolute atomic E-state index is 0.281. The first kappa shape index (κ1) is 18.7. The van der Waals surface area contributed by atoms with E-state index in [2.05, 4.69) is 10.6 Å². The Morgan fingerprint density at radius 1 is 0.815 bits per heavy atom. The van der Waals surface area contributed by atoms with Crippen LogP contribution in [0.2, 0.25) is 5.02 Å². The fraction of sp³-hybridized carbons (Fsp3) is 0.0909. The molecule has 0 aliphatic heterocycles. The summed E-state index contributed by atoms with van der Waals surface area (Å²) in [5.41, 5.74) is 2.02. The lowest BCUT2D eigenvalue weighted by molar-refractivity contribution is -0.123. The van der Waals surface area contributed by atoms with Gasteiger partial charge in [0.1, 0.15) is 6.04 Å². The molecule has 136 valence electrons. The Kier molecular flexibility index (Phi) is 6.23. The van der Waals surface area contributed by atoms with E-state index >= 15 is 0 Å². The number of hydrogen-bond donors (Lipinski definition) is 2. The van der Waals surface area contributed by atoms with Gasteiger partial charge in [-0.05, 0) is 29.3 Å². The van der Waals surface area contributed by atoms with Crippen molar-refractivity contribution in [2.24, 2.45) is 0 Å². The van der Waals surface area contributed by atoms with Gasteiger partial charge >= 0.3 is 0 Å². The molecule has 0 saturated carbocycles. The van der Waals surface area contributed by atoms with Crippen LogP contribution >= 0.6 is 11.6 Å². The monoisotopic (exact) mass is 378 g/mol. The van der Waals surface area contributed by atoms with Gasteiger partial charge in [-0.25, -0.2) is 0 Å². The van der Waals surface area contributed by atoms with Crippen LogP contribution in [-0.4, -0.2) is 11.8 Å².